The zero-order valence-corrected chi connectivity index (χ0v) is 5.62. The van der Waals surface area contributed by atoms with Crippen molar-refractivity contribution in [1.29, 1.82) is 0 Å². The molecule has 0 unspecified atom stereocenters. The van der Waals surface area contributed by atoms with Crippen LogP contribution in [0.15, 0.2) is 0 Å². The molecule has 0 bridgehead atoms. The first-order valence-corrected chi connectivity index (χ1v) is 2.70. The first-order chi connectivity index (χ1) is 3.06. The molecule has 0 rings (SSSR count). The third kappa shape index (κ3) is 10.2. The van der Waals surface area contributed by atoms with E-state index in [1.54, 1.807) is 0 Å². The number of hydrogen-bond donors (Lipinski definition) is 0. The standard InChI is InChI=1S/C5H11O.2Li.H/c1-5(2,3)6-4;;;/h4H2,1-3H3;;;. The molecule has 1 nitrogen and oxygen atoms in total. The summed E-state index contributed by atoms with van der Waals surface area (Å²) >= 11 is 2.01. The molecule has 0 aromatic rings. The monoisotopic (exact) mass is 102 g/mol. The molecule has 0 spiro atoms. The Bertz CT molecular complexity index is 48.9. The quantitative estimate of drug-likeness (QED) is 0.432. The second kappa shape index (κ2) is 4.98. The van der Waals surface area contributed by atoms with E-state index in [1.165, 1.54) is 0 Å². The molecule has 0 aliphatic heterocycles. The van der Waals surface area contributed by atoms with Crippen LogP contribution in [-0.2, 0) is 4.74 Å². The van der Waals surface area contributed by atoms with Crippen LogP contribution in [0.25, 0.3) is 0 Å². The van der Waals surface area contributed by atoms with Gasteiger partial charge in [-0.2, -0.15) is 0 Å². The predicted octanol–water partition coefficient (Wildman–Crippen LogP) is 0.279. The molecule has 0 aliphatic carbocycles. The molecular weight excluding hydrogens is 89.9 g/mol. The Kier molecular flexibility index (Phi) is 7.40. The van der Waals surface area contributed by atoms with E-state index in [9.17, 15) is 0 Å². The third-order valence-corrected chi connectivity index (χ3v) is 0.577. The summed E-state index contributed by atoms with van der Waals surface area (Å²) in [7, 11) is 0. The van der Waals surface area contributed by atoms with Crippen LogP contribution in [0, 0.1) is 0 Å². The number of hydrogen-bond acceptors (Lipinski definition) is 1. The molecule has 0 aromatic carbocycles. The predicted molar refractivity (Wildman–Crippen MR) is 38.6 cm³/mol. The van der Waals surface area contributed by atoms with Gasteiger partial charge in [-0.3, -0.25) is 0 Å². The number of ether oxygens (including phenoxy) is 1. The normalized spacial score (nSPS) is 10.6. The Labute approximate surface area is 72.9 Å². The van der Waals surface area contributed by atoms with E-state index in [1.807, 2.05) is 17.7 Å². The zero-order valence-electron chi connectivity index (χ0n) is 5.62. The summed E-state index contributed by atoms with van der Waals surface area (Å²) in [6, 6.07) is 0. The van der Waals surface area contributed by atoms with Crippen LogP contribution < -0.4 is 0 Å². The molecule has 0 saturated carbocycles. The summed E-state index contributed by atoms with van der Waals surface area (Å²) in [6.07, 6.45) is 0. The van der Waals surface area contributed by atoms with Gasteiger partial charge in [0.2, 0.25) is 0 Å². The van der Waals surface area contributed by atoms with Crippen molar-refractivity contribution in [2.75, 3.05) is 5.28 Å². The van der Waals surface area contributed by atoms with Crippen molar-refractivity contribution in [2.45, 2.75) is 26.4 Å². The fraction of sp³-hybridized carbons (Fsp3) is 1.00. The van der Waals surface area contributed by atoms with Crippen LogP contribution in [-0.4, -0.2) is 47.5 Å². The molecule has 0 fully saturated rings. The van der Waals surface area contributed by atoms with E-state index >= 15 is 0 Å². The zero-order chi connectivity index (χ0) is 5.91. The molecule has 0 atom stereocenters. The number of rotatable bonds is 1. The van der Waals surface area contributed by atoms with Crippen molar-refractivity contribution in [1.82, 2.24) is 0 Å². The van der Waals surface area contributed by atoms with Gasteiger partial charge < -0.3 is 0 Å². The molecule has 0 heterocycles. The molecule has 8 heavy (non-hydrogen) atoms. The van der Waals surface area contributed by atoms with Crippen molar-refractivity contribution in [3.05, 3.63) is 0 Å². The van der Waals surface area contributed by atoms with Gasteiger partial charge in [-0.25, -0.2) is 0 Å². The first-order valence-electron chi connectivity index (χ1n) is 2.70. The van der Waals surface area contributed by atoms with Gasteiger partial charge in [0.05, 0.1) is 0 Å². The van der Waals surface area contributed by atoms with E-state index in [4.69, 9.17) is 4.74 Å². The summed E-state index contributed by atoms with van der Waals surface area (Å²) in [4.78, 5) is 0. The van der Waals surface area contributed by atoms with Crippen molar-refractivity contribution in [2.24, 2.45) is 0 Å². The molecule has 0 saturated heterocycles. The maximum atomic E-state index is 5.23. The Morgan fingerprint density at radius 3 is 1.75 bits per heavy atom. The van der Waals surface area contributed by atoms with Gasteiger partial charge in [0.25, 0.3) is 0 Å². The van der Waals surface area contributed by atoms with E-state index in [2.05, 4.69) is 20.8 Å². The van der Waals surface area contributed by atoms with Crippen molar-refractivity contribution >= 4 is 36.6 Å². The van der Waals surface area contributed by atoms with Crippen LogP contribution in [0.2, 0.25) is 0 Å². The van der Waals surface area contributed by atoms with Crippen LogP contribution in [0.5, 0.6) is 0 Å². The van der Waals surface area contributed by atoms with Crippen LogP contribution in [0.3, 0.4) is 0 Å². The maximum absolute atomic E-state index is 5.23. The van der Waals surface area contributed by atoms with Gasteiger partial charge in [-0.15, -0.1) is 0 Å². The second-order valence-electron chi connectivity index (χ2n) is 2.55. The Balaban J connectivity index is 0. The van der Waals surface area contributed by atoms with Crippen LogP contribution >= 0.6 is 0 Å². The van der Waals surface area contributed by atoms with Gasteiger partial charge >= 0.3 is 73.0 Å². The van der Waals surface area contributed by atoms with Gasteiger partial charge in [0, 0.05) is 0 Å². The molecular formula is C5H12Li2O. The molecule has 0 aliphatic rings. The van der Waals surface area contributed by atoms with Crippen molar-refractivity contribution < 1.29 is 4.74 Å². The fourth-order valence-electron chi connectivity index (χ4n) is 0.433. The summed E-state index contributed by atoms with van der Waals surface area (Å²) in [5, 5.41) is 0.809. The van der Waals surface area contributed by atoms with Crippen LogP contribution in [0.4, 0.5) is 0 Å². The fourth-order valence-corrected chi connectivity index (χ4v) is 0.433. The van der Waals surface area contributed by atoms with Crippen LogP contribution in [0.1, 0.15) is 20.8 Å². The summed E-state index contributed by atoms with van der Waals surface area (Å²) in [5.74, 6) is 0. The summed E-state index contributed by atoms with van der Waals surface area (Å²) in [6.45, 7) is 6.16. The van der Waals surface area contributed by atoms with Gasteiger partial charge in [0.1, 0.15) is 0 Å². The minimum atomic E-state index is 0. The van der Waals surface area contributed by atoms with Crippen molar-refractivity contribution in [3.63, 3.8) is 0 Å². The molecule has 0 radical (unpaired) electrons. The van der Waals surface area contributed by atoms with E-state index in [0.29, 0.717) is 0 Å². The van der Waals surface area contributed by atoms with E-state index < -0.39 is 0 Å². The topological polar surface area (TPSA) is 9.23 Å². The van der Waals surface area contributed by atoms with E-state index in [0.717, 1.165) is 5.28 Å². The van der Waals surface area contributed by atoms with Gasteiger partial charge in [-0.1, -0.05) is 0 Å². The summed E-state index contributed by atoms with van der Waals surface area (Å²) < 4.78 is 5.23. The SMILES string of the molecule is [LiH].[Li][CH2]OC(C)(C)C. The van der Waals surface area contributed by atoms with Gasteiger partial charge in [0.15, 0.2) is 0 Å². The van der Waals surface area contributed by atoms with E-state index in [-0.39, 0.29) is 24.5 Å². The molecule has 3 heteroatoms. The average Bonchev–Trinajstić information content (AvgIpc) is 1.30. The Morgan fingerprint density at radius 2 is 1.75 bits per heavy atom. The molecule has 0 N–H and O–H groups in total. The molecule has 0 aromatic heterocycles. The van der Waals surface area contributed by atoms with Crippen molar-refractivity contribution in [3.8, 4) is 0 Å². The second-order valence-corrected chi connectivity index (χ2v) is 2.55. The Hall–Kier alpha value is 1.15. The minimum absolute atomic E-state index is 0. The third-order valence-electron chi connectivity index (χ3n) is 0.577. The Morgan fingerprint density at radius 1 is 1.38 bits per heavy atom. The first kappa shape index (κ1) is 11.9. The molecule has 0 amide bonds. The van der Waals surface area contributed by atoms with Gasteiger partial charge in [-0.05, 0) is 0 Å². The average molecular weight is 102 g/mol. The summed E-state index contributed by atoms with van der Waals surface area (Å²) in [5.41, 5.74) is 0.0503. The molecule has 40 valence electrons.